The van der Waals surface area contributed by atoms with Crippen molar-refractivity contribution >= 4 is 17.4 Å². The fraction of sp³-hybridized carbons (Fsp3) is 0.533. The third-order valence-corrected chi connectivity index (χ3v) is 2.81. The molecule has 0 bridgehead atoms. The van der Waals surface area contributed by atoms with Crippen LogP contribution in [0.25, 0.3) is 0 Å². The summed E-state index contributed by atoms with van der Waals surface area (Å²) in [5.74, 6) is 0. The summed E-state index contributed by atoms with van der Waals surface area (Å²) in [6.07, 6.45) is 1.12. The SMILES string of the molecule is CCCNCCOCCNC(=O)Nc1ccc(NC)cc1. The number of ether oxygens (including phenoxy) is 1. The van der Waals surface area contributed by atoms with Crippen LogP contribution in [0.5, 0.6) is 0 Å². The van der Waals surface area contributed by atoms with Crippen molar-refractivity contribution < 1.29 is 9.53 Å². The predicted octanol–water partition coefficient (Wildman–Crippen LogP) is 1.87. The third-order valence-electron chi connectivity index (χ3n) is 2.81. The van der Waals surface area contributed by atoms with Crippen molar-refractivity contribution in [2.75, 3.05) is 50.5 Å². The largest absolute Gasteiger partial charge is 0.388 e. The summed E-state index contributed by atoms with van der Waals surface area (Å²) in [4.78, 5) is 11.6. The number of anilines is 2. The highest BCUT2D eigenvalue weighted by atomic mass is 16.5. The fourth-order valence-corrected chi connectivity index (χ4v) is 1.68. The first-order chi connectivity index (χ1) is 10.3. The van der Waals surface area contributed by atoms with E-state index in [1.54, 1.807) is 0 Å². The summed E-state index contributed by atoms with van der Waals surface area (Å²) in [6.45, 7) is 5.65. The molecule has 0 fully saturated rings. The Morgan fingerprint density at radius 2 is 1.71 bits per heavy atom. The van der Waals surface area contributed by atoms with Crippen LogP contribution in [-0.4, -0.2) is 45.9 Å². The molecule has 6 heteroatoms. The molecule has 6 nitrogen and oxygen atoms in total. The summed E-state index contributed by atoms with van der Waals surface area (Å²) in [7, 11) is 1.85. The Bertz CT molecular complexity index is 395. The Morgan fingerprint density at radius 1 is 1.05 bits per heavy atom. The Kier molecular flexibility index (Phi) is 8.99. The van der Waals surface area contributed by atoms with Crippen molar-refractivity contribution in [3.05, 3.63) is 24.3 Å². The van der Waals surface area contributed by atoms with E-state index in [-0.39, 0.29) is 6.03 Å². The van der Waals surface area contributed by atoms with Crippen molar-refractivity contribution in [1.29, 1.82) is 0 Å². The van der Waals surface area contributed by atoms with E-state index in [4.69, 9.17) is 4.74 Å². The van der Waals surface area contributed by atoms with Crippen molar-refractivity contribution in [2.45, 2.75) is 13.3 Å². The first-order valence-electron chi connectivity index (χ1n) is 7.37. The quantitative estimate of drug-likeness (QED) is 0.497. The molecule has 0 aliphatic heterocycles. The molecule has 0 aromatic heterocycles. The van der Waals surface area contributed by atoms with Crippen molar-refractivity contribution in [1.82, 2.24) is 10.6 Å². The standard InChI is InChI=1S/C15H26N4O2/c1-3-8-17-9-11-21-12-10-18-15(20)19-14-6-4-13(16-2)5-7-14/h4-7,16-17H,3,8-12H2,1-2H3,(H2,18,19,20). The highest BCUT2D eigenvalue weighted by Crippen LogP contribution is 2.12. The molecule has 0 aliphatic carbocycles. The Labute approximate surface area is 126 Å². The zero-order valence-corrected chi connectivity index (χ0v) is 12.9. The maximum atomic E-state index is 11.6. The van der Waals surface area contributed by atoms with Gasteiger partial charge < -0.3 is 26.0 Å². The zero-order chi connectivity index (χ0) is 15.3. The van der Waals surface area contributed by atoms with Crippen LogP contribution in [0.4, 0.5) is 16.2 Å². The molecular formula is C15H26N4O2. The van der Waals surface area contributed by atoms with Crippen LogP contribution in [0, 0.1) is 0 Å². The molecule has 0 heterocycles. The normalized spacial score (nSPS) is 10.2. The summed E-state index contributed by atoms with van der Waals surface area (Å²) in [6, 6.07) is 7.28. The highest BCUT2D eigenvalue weighted by molar-refractivity contribution is 5.89. The van der Waals surface area contributed by atoms with Gasteiger partial charge in [-0.3, -0.25) is 0 Å². The van der Waals surface area contributed by atoms with Gasteiger partial charge in [0.15, 0.2) is 0 Å². The summed E-state index contributed by atoms with van der Waals surface area (Å²) < 4.78 is 5.40. The van der Waals surface area contributed by atoms with E-state index in [0.29, 0.717) is 19.8 Å². The van der Waals surface area contributed by atoms with E-state index in [0.717, 1.165) is 30.9 Å². The molecular weight excluding hydrogens is 268 g/mol. The summed E-state index contributed by atoms with van der Waals surface area (Å²) in [5.41, 5.74) is 1.77. The van der Waals surface area contributed by atoms with E-state index in [1.165, 1.54) is 0 Å². The molecule has 4 N–H and O–H groups in total. The zero-order valence-electron chi connectivity index (χ0n) is 12.9. The number of carbonyl (C=O) groups is 1. The number of benzene rings is 1. The minimum atomic E-state index is -0.222. The van der Waals surface area contributed by atoms with Crippen molar-refractivity contribution in [2.24, 2.45) is 0 Å². The van der Waals surface area contributed by atoms with Crippen LogP contribution in [0.2, 0.25) is 0 Å². The van der Waals surface area contributed by atoms with Gasteiger partial charge in [-0.15, -0.1) is 0 Å². The summed E-state index contributed by atoms with van der Waals surface area (Å²) in [5, 5.41) is 11.8. The van der Waals surface area contributed by atoms with Crippen LogP contribution in [0.15, 0.2) is 24.3 Å². The van der Waals surface area contributed by atoms with E-state index < -0.39 is 0 Å². The number of urea groups is 1. The lowest BCUT2D eigenvalue weighted by molar-refractivity contribution is 0.139. The number of nitrogens with one attached hydrogen (secondary N) is 4. The lowest BCUT2D eigenvalue weighted by atomic mass is 10.3. The monoisotopic (exact) mass is 294 g/mol. The van der Waals surface area contributed by atoms with Crippen LogP contribution in [0.3, 0.4) is 0 Å². The smallest absolute Gasteiger partial charge is 0.319 e. The minimum Gasteiger partial charge on any atom is -0.388 e. The maximum absolute atomic E-state index is 11.6. The Balaban J connectivity index is 2.05. The number of hydrogen-bond donors (Lipinski definition) is 4. The second-order valence-corrected chi connectivity index (χ2v) is 4.57. The summed E-state index contributed by atoms with van der Waals surface area (Å²) >= 11 is 0. The minimum absolute atomic E-state index is 0.222. The molecule has 0 unspecified atom stereocenters. The molecule has 118 valence electrons. The molecule has 2 amide bonds. The molecule has 1 aromatic carbocycles. The maximum Gasteiger partial charge on any atom is 0.319 e. The van der Waals surface area contributed by atoms with Crippen LogP contribution in [0.1, 0.15) is 13.3 Å². The predicted molar refractivity (Wildman–Crippen MR) is 87.0 cm³/mol. The average molecular weight is 294 g/mol. The molecule has 0 saturated heterocycles. The molecule has 21 heavy (non-hydrogen) atoms. The number of hydrogen-bond acceptors (Lipinski definition) is 4. The van der Waals surface area contributed by atoms with Crippen LogP contribution in [-0.2, 0) is 4.74 Å². The van der Waals surface area contributed by atoms with Gasteiger partial charge in [-0.25, -0.2) is 4.79 Å². The highest BCUT2D eigenvalue weighted by Gasteiger charge is 2.00. The van der Waals surface area contributed by atoms with E-state index in [9.17, 15) is 4.79 Å². The van der Waals surface area contributed by atoms with Gasteiger partial charge in [0.05, 0.1) is 13.2 Å². The molecule has 1 rings (SSSR count). The number of amides is 2. The lowest BCUT2D eigenvalue weighted by Crippen LogP contribution is -2.32. The first-order valence-corrected chi connectivity index (χ1v) is 7.37. The van der Waals surface area contributed by atoms with Gasteiger partial charge in [-0.1, -0.05) is 6.92 Å². The van der Waals surface area contributed by atoms with Gasteiger partial charge >= 0.3 is 6.03 Å². The molecule has 0 aliphatic rings. The van der Waals surface area contributed by atoms with Gasteiger partial charge in [-0.2, -0.15) is 0 Å². The molecule has 0 spiro atoms. The van der Waals surface area contributed by atoms with E-state index in [1.807, 2.05) is 31.3 Å². The second-order valence-electron chi connectivity index (χ2n) is 4.57. The second kappa shape index (κ2) is 10.9. The van der Waals surface area contributed by atoms with Gasteiger partial charge in [0.25, 0.3) is 0 Å². The average Bonchev–Trinajstić information content (AvgIpc) is 2.50. The molecule has 0 radical (unpaired) electrons. The van der Waals surface area contributed by atoms with Crippen LogP contribution < -0.4 is 21.3 Å². The number of carbonyl (C=O) groups excluding carboxylic acids is 1. The Morgan fingerprint density at radius 3 is 2.38 bits per heavy atom. The van der Waals surface area contributed by atoms with Crippen molar-refractivity contribution in [3.8, 4) is 0 Å². The molecule has 0 saturated carbocycles. The van der Waals surface area contributed by atoms with Gasteiger partial charge in [0, 0.05) is 31.5 Å². The van der Waals surface area contributed by atoms with Gasteiger partial charge in [0.2, 0.25) is 0 Å². The molecule has 1 aromatic rings. The third kappa shape index (κ3) is 8.16. The number of rotatable bonds is 10. The topological polar surface area (TPSA) is 74.4 Å². The van der Waals surface area contributed by atoms with E-state index in [2.05, 4.69) is 28.2 Å². The van der Waals surface area contributed by atoms with Gasteiger partial charge in [-0.05, 0) is 37.2 Å². The van der Waals surface area contributed by atoms with Crippen LogP contribution >= 0.6 is 0 Å². The van der Waals surface area contributed by atoms with Gasteiger partial charge in [0.1, 0.15) is 0 Å². The van der Waals surface area contributed by atoms with E-state index >= 15 is 0 Å². The Hall–Kier alpha value is -1.79. The lowest BCUT2D eigenvalue weighted by Gasteiger charge is -2.09. The fourth-order valence-electron chi connectivity index (χ4n) is 1.68. The first kappa shape index (κ1) is 17.3. The van der Waals surface area contributed by atoms with Crippen molar-refractivity contribution in [3.63, 3.8) is 0 Å². The molecule has 0 atom stereocenters.